The minimum absolute atomic E-state index is 0.196. The Hall–Kier alpha value is -1.36. The van der Waals surface area contributed by atoms with Crippen molar-refractivity contribution < 1.29 is 14.7 Å². The number of carboxylic acid groups (broad SMARTS) is 1. The fourth-order valence-electron chi connectivity index (χ4n) is 1.20. The number of carbonyl (C=O) groups is 2. The maximum atomic E-state index is 10.8. The van der Waals surface area contributed by atoms with Crippen molar-refractivity contribution in [2.45, 2.75) is 13.8 Å². The Labute approximate surface area is 95.4 Å². The highest BCUT2D eigenvalue weighted by Crippen LogP contribution is 2.28. The molecule has 0 aromatic heterocycles. The van der Waals surface area contributed by atoms with Crippen LogP contribution in [-0.4, -0.2) is 17.0 Å². The molecule has 0 bridgehead atoms. The summed E-state index contributed by atoms with van der Waals surface area (Å²) in [7, 11) is 0. The summed E-state index contributed by atoms with van der Waals surface area (Å²) in [6, 6.07) is 3.02. The van der Waals surface area contributed by atoms with Crippen molar-refractivity contribution in [3.8, 4) is 0 Å². The van der Waals surface area contributed by atoms with Crippen LogP contribution in [0.25, 0.3) is 0 Å². The van der Waals surface area contributed by atoms with Gasteiger partial charge in [-0.3, -0.25) is 4.79 Å². The van der Waals surface area contributed by atoms with Crippen molar-refractivity contribution >= 4 is 33.5 Å². The number of nitrogens with one attached hydrogen (secondary N) is 1. The smallest absolute Gasteiger partial charge is 0.335 e. The van der Waals surface area contributed by atoms with Gasteiger partial charge in [0.25, 0.3) is 0 Å². The van der Waals surface area contributed by atoms with Crippen molar-refractivity contribution in [3.05, 3.63) is 27.7 Å². The molecule has 5 heteroatoms. The zero-order valence-electron chi connectivity index (χ0n) is 8.30. The molecular formula is C10H10BrNO3. The van der Waals surface area contributed by atoms with E-state index in [0.717, 1.165) is 0 Å². The molecule has 0 saturated heterocycles. The maximum Gasteiger partial charge on any atom is 0.335 e. The molecule has 0 atom stereocenters. The molecule has 0 aliphatic carbocycles. The zero-order valence-corrected chi connectivity index (χ0v) is 9.88. The standard InChI is InChI=1S/C10H10BrNO3/c1-5-7(10(14)15)3-4-8(9(5)11)12-6(2)13/h3-4H,1-2H3,(H,12,13)(H,14,15). The van der Waals surface area contributed by atoms with Crippen molar-refractivity contribution in [1.29, 1.82) is 0 Å². The lowest BCUT2D eigenvalue weighted by molar-refractivity contribution is -0.114. The molecule has 1 aromatic carbocycles. The number of benzene rings is 1. The molecule has 1 amide bonds. The predicted octanol–water partition coefficient (Wildman–Crippen LogP) is 2.41. The molecule has 80 valence electrons. The monoisotopic (exact) mass is 271 g/mol. The Morgan fingerprint density at radius 2 is 2.00 bits per heavy atom. The van der Waals surface area contributed by atoms with Crippen LogP contribution >= 0.6 is 15.9 Å². The molecule has 1 rings (SSSR count). The summed E-state index contributed by atoms with van der Waals surface area (Å²) >= 11 is 3.25. The van der Waals surface area contributed by atoms with Gasteiger partial charge in [0.05, 0.1) is 11.3 Å². The Kier molecular flexibility index (Phi) is 3.47. The average Bonchev–Trinajstić information content (AvgIpc) is 2.12. The summed E-state index contributed by atoms with van der Waals surface area (Å²) in [6.45, 7) is 3.08. The topological polar surface area (TPSA) is 66.4 Å². The second kappa shape index (κ2) is 4.44. The SMILES string of the molecule is CC(=O)Nc1ccc(C(=O)O)c(C)c1Br. The van der Waals surface area contributed by atoms with E-state index >= 15 is 0 Å². The zero-order chi connectivity index (χ0) is 11.6. The summed E-state index contributed by atoms with van der Waals surface area (Å²) in [4.78, 5) is 21.6. The Bertz CT molecular complexity index is 429. The second-order valence-corrected chi connectivity index (χ2v) is 3.88. The number of amides is 1. The van der Waals surface area contributed by atoms with Gasteiger partial charge in [0.1, 0.15) is 0 Å². The first-order chi connectivity index (χ1) is 6.93. The number of carboxylic acids is 1. The number of hydrogen-bond acceptors (Lipinski definition) is 2. The number of anilines is 1. The first-order valence-electron chi connectivity index (χ1n) is 4.23. The van der Waals surface area contributed by atoms with Crippen LogP contribution in [0.3, 0.4) is 0 Å². The van der Waals surface area contributed by atoms with Crippen LogP contribution < -0.4 is 5.32 Å². The molecule has 0 saturated carbocycles. The average molecular weight is 272 g/mol. The molecule has 0 unspecified atom stereocenters. The van der Waals surface area contributed by atoms with Gasteiger partial charge in [0, 0.05) is 11.4 Å². The van der Waals surface area contributed by atoms with Crippen LogP contribution in [0.15, 0.2) is 16.6 Å². The quantitative estimate of drug-likeness (QED) is 0.868. The molecule has 0 spiro atoms. The summed E-state index contributed by atoms with van der Waals surface area (Å²) < 4.78 is 0.595. The van der Waals surface area contributed by atoms with Gasteiger partial charge in [-0.1, -0.05) is 0 Å². The van der Waals surface area contributed by atoms with Gasteiger partial charge in [-0.15, -0.1) is 0 Å². The highest BCUT2D eigenvalue weighted by Gasteiger charge is 2.12. The number of aromatic carboxylic acids is 1. The largest absolute Gasteiger partial charge is 0.478 e. The minimum Gasteiger partial charge on any atom is -0.478 e. The molecule has 2 N–H and O–H groups in total. The molecule has 0 fully saturated rings. The predicted molar refractivity (Wildman–Crippen MR) is 60.1 cm³/mol. The minimum atomic E-state index is -0.984. The highest BCUT2D eigenvalue weighted by molar-refractivity contribution is 9.10. The highest BCUT2D eigenvalue weighted by atomic mass is 79.9. The molecule has 1 aromatic rings. The first-order valence-corrected chi connectivity index (χ1v) is 5.02. The lowest BCUT2D eigenvalue weighted by Crippen LogP contribution is -2.08. The Morgan fingerprint density at radius 3 is 2.47 bits per heavy atom. The number of carbonyl (C=O) groups excluding carboxylic acids is 1. The van der Waals surface area contributed by atoms with Crippen LogP contribution in [0.1, 0.15) is 22.8 Å². The van der Waals surface area contributed by atoms with E-state index in [2.05, 4.69) is 21.2 Å². The van der Waals surface area contributed by atoms with Crippen LogP contribution in [0.4, 0.5) is 5.69 Å². The summed E-state index contributed by atoms with van der Waals surface area (Å²) in [5, 5.41) is 11.5. The fourth-order valence-corrected chi connectivity index (χ4v) is 1.65. The third-order valence-electron chi connectivity index (χ3n) is 1.93. The van der Waals surface area contributed by atoms with Crippen LogP contribution in [-0.2, 0) is 4.79 Å². The van der Waals surface area contributed by atoms with Gasteiger partial charge in [-0.25, -0.2) is 4.79 Å². The second-order valence-electron chi connectivity index (χ2n) is 3.09. The van der Waals surface area contributed by atoms with E-state index in [-0.39, 0.29) is 11.5 Å². The van der Waals surface area contributed by atoms with Crippen molar-refractivity contribution in [2.24, 2.45) is 0 Å². The van der Waals surface area contributed by atoms with Crippen LogP contribution in [0.5, 0.6) is 0 Å². The molecule has 15 heavy (non-hydrogen) atoms. The number of hydrogen-bond donors (Lipinski definition) is 2. The third kappa shape index (κ3) is 2.56. The van der Waals surface area contributed by atoms with Gasteiger partial charge in [0.15, 0.2) is 0 Å². The Balaban J connectivity index is 3.21. The molecule has 0 radical (unpaired) electrons. The fraction of sp³-hybridized carbons (Fsp3) is 0.200. The van der Waals surface area contributed by atoms with E-state index in [1.165, 1.54) is 13.0 Å². The van der Waals surface area contributed by atoms with Gasteiger partial charge in [-0.2, -0.15) is 0 Å². The van der Waals surface area contributed by atoms with Crippen LogP contribution in [0.2, 0.25) is 0 Å². The Morgan fingerprint density at radius 1 is 1.40 bits per heavy atom. The van der Waals surface area contributed by atoms with E-state index < -0.39 is 5.97 Å². The molecule has 0 heterocycles. The third-order valence-corrected chi connectivity index (χ3v) is 2.95. The van der Waals surface area contributed by atoms with Crippen molar-refractivity contribution in [3.63, 3.8) is 0 Å². The first kappa shape index (κ1) is 11.7. The summed E-state index contributed by atoms with van der Waals surface area (Å²) in [5.41, 5.74) is 1.38. The number of halogens is 1. The normalized spacial score (nSPS) is 9.80. The van der Waals surface area contributed by atoms with E-state index in [1.807, 2.05) is 0 Å². The molecule has 4 nitrogen and oxygen atoms in total. The lowest BCUT2D eigenvalue weighted by Gasteiger charge is -2.09. The van der Waals surface area contributed by atoms with E-state index in [9.17, 15) is 9.59 Å². The maximum absolute atomic E-state index is 10.8. The molecule has 0 aliphatic rings. The van der Waals surface area contributed by atoms with Gasteiger partial charge in [0.2, 0.25) is 5.91 Å². The molecular weight excluding hydrogens is 262 g/mol. The summed E-state index contributed by atoms with van der Waals surface area (Å²) in [6.07, 6.45) is 0. The van der Waals surface area contributed by atoms with E-state index in [1.54, 1.807) is 13.0 Å². The van der Waals surface area contributed by atoms with Gasteiger partial charge < -0.3 is 10.4 Å². The number of rotatable bonds is 2. The van der Waals surface area contributed by atoms with Crippen LogP contribution in [0, 0.1) is 6.92 Å². The van der Waals surface area contributed by atoms with E-state index in [4.69, 9.17) is 5.11 Å². The summed E-state index contributed by atoms with van der Waals surface area (Å²) in [5.74, 6) is -1.18. The lowest BCUT2D eigenvalue weighted by atomic mass is 10.1. The van der Waals surface area contributed by atoms with Gasteiger partial charge in [-0.05, 0) is 40.5 Å². The van der Waals surface area contributed by atoms with E-state index in [0.29, 0.717) is 15.7 Å². The van der Waals surface area contributed by atoms with Gasteiger partial charge >= 0.3 is 5.97 Å². The van der Waals surface area contributed by atoms with Crippen molar-refractivity contribution in [2.75, 3.05) is 5.32 Å². The molecule has 0 aliphatic heterocycles. The van der Waals surface area contributed by atoms with Crippen molar-refractivity contribution in [1.82, 2.24) is 0 Å².